The number of amides is 1. The Kier molecular flexibility index (Phi) is 3.98. The van der Waals surface area contributed by atoms with Crippen molar-refractivity contribution in [3.8, 4) is 11.4 Å². The van der Waals surface area contributed by atoms with Crippen LogP contribution in [-0.2, 0) is 6.54 Å². The molecule has 3 heterocycles. The number of aromatic amines is 1. The topological polar surface area (TPSA) is 92.7 Å². The van der Waals surface area contributed by atoms with Gasteiger partial charge < -0.3 is 10.3 Å². The molecule has 0 atom stereocenters. The van der Waals surface area contributed by atoms with E-state index in [0.717, 1.165) is 28.2 Å². The molecule has 1 aliphatic heterocycles. The predicted octanol–water partition coefficient (Wildman–Crippen LogP) is 3.14. The van der Waals surface area contributed by atoms with E-state index in [0.29, 0.717) is 17.4 Å². The fraction of sp³-hybridized carbons (Fsp3) is 0.100. The van der Waals surface area contributed by atoms with Crippen molar-refractivity contribution < 1.29 is 4.79 Å². The number of carbonyl (C=O) groups is 1. The number of thioether (sulfide) groups is 1. The highest BCUT2D eigenvalue weighted by molar-refractivity contribution is 7.99. The summed E-state index contributed by atoms with van der Waals surface area (Å²) in [5.41, 5.74) is 3.13. The van der Waals surface area contributed by atoms with Gasteiger partial charge in [0.1, 0.15) is 11.4 Å². The summed E-state index contributed by atoms with van der Waals surface area (Å²) in [7, 11) is 0. The molecule has 5 rings (SSSR count). The van der Waals surface area contributed by atoms with Gasteiger partial charge in [0.25, 0.3) is 11.5 Å². The molecule has 0 fully saturated rings. The molecule has 0 radical (unpaired) electrons. The van der Waals surface area contributed by atoms with E-state index in [2.05, 4.69) is 20.3 Å². The zero-order chi connectivity index (χ0) is 19.1. The number of hydrogen-bond acceptors (Lipinski definition) is 5. The molecule has 0 saturated heterocycles. The SMILES string of the molecule is O=C(Nc1ccc(-c2nc3ccccc3[nH]2)cc1)c1cnc2n(c1=O)CCS2. The van der Waals surface area contributed by atoms with Crippen LogP contribution < -0.4 is 10.9 Å². The van der Waals surface area contributed by atoms with E-state index in [4.69, 9.17) is 0 Å². The minimum absolute atomic E-state index is 0.0487. The predicted molar refractivity (Wildman–Crippen MR) is 109 cm³/mol. The van der Waals surface area contributed by atoms with E-state index in [1.165, 1.54) is 18.0 Å². The molecule has 0 bridgehead atoms. The van der Waals surface area contributed by atoms with Gasteiger partial charge in [0.15, 0.2) is 5.16 Å². The molecule has 2 aromatic carbocycles. The van der Waals surface area contributed by atoms with Gasteiger partial charge in [-0.2, -0.15) is 0 Å². The molecule has 4 aromatic rings. The van der Waals surface area contributed by atoms with Crippen LogP contribution in [0.4, 0.5) is 5.69 Å². The van der Waals surface area contributed by atoms with Crippen molar-refractivity contribution in [1.29, 1.82) is 0 Å². The lowest BCUT2D eigenvalue weighted by Gasteiger charge is -2.07. The lowest BCUT2D eigenvalue weighted by molar-refractivity contribution is 0.102. The molecule has 0 saturated carbocycles. The van der Waals surface area contributed by atoms with Gasteiger partial charge >= 0.3 is 0 Å². The second kappa shape index (κ2) is 6.65. The first-order valence-corrected chi connectivity index (χ1v) is 9.77. The Hall–Kier alpha value is -3.39. The molecule has 0 unspecified atom stereocenters. The van der Waals surface area contributed by atoms with Crippen LogP contribution in [-0.4, -0.2) is 31.2 Å². The summed E-state index contributed by atoms with van der Waals surface area (Å²) in [5, 5.41) is 3.43. The average molecular weight is 389 g/mol. The van der Waals surface area contributed by atoms with E-state index in [9.17, 15) is 9.59 Å². The summed E-state index contributed by atoms with van der Waals surface area (Å²) in [6.45, 7) is 0.582. The zero-order valence-electron chi connectivity index (χ0n) is 14.7. The summed E-state index contributed by atoms with van der Waals surface area (Å²) >= 11 is 1.52. The largest absolute Gasteiger partial charge is 0.338 e. The van der Waals surface area contributed by atoms with E-state index >= 15 is 0 Å². The number of H-pyrrole nitrogens is 1. The van der Waals surface area contributed by atoms with Crippen LogP contribution in [0.15, 0.2) is 64.7 Å². The molecule has 8 heteroatoms. The second-order valence-corrected chi connectivity index (χ2v) is 7.46. The van der Waals surface area contributed by atoms with Crippen LogP contribution in [0, 0.1) is 0 Å². The van der Waals surface area contributed by atoms with Crippen molar-refractivity contribution in [2.45, 2.75) is 11.7 Å². The van der Waals surface area contributed by atoms with Gasteiger partial charge in [-0.15, -0.1) is 0 Å². The summed E-state index contributed by atoms with van der Waals surface area (Å²) in [6.07, 6.45) is 1.35. The van der Waals surface area contributed by atoms with Crippen molar-refractivity contribution in [2.75, 3.05) is 11.1 Å². The quantitative estimate of drug-likeness (QED) is 0.525. The molecular formula is C20H15N5O2S. The maximum atomic E-state index is 12.5. The molecule has 2 aromatic heterocycles. The number of nitrogens with one attached hydrogen (secondary N) is 2. The first kappa shape index (κ1) is 16.8. The summed E-state index contributed by atoms with van der Waals surface area (Å²) in [6, 6.07) is 15.1. The summed E-state index contributed by atoms with van der Waals surface area (Å²) in [4.78, 5) is 37.0. The Balaban J connectivity index is 1.38. The van der Waals surface area contributed by atoms with E-state index in [1.807, 2.05) is 36.4 Å². The van der Waals surface area contributed by atoms with Gasteiger partial charge in [0.05, 0.1) is 11.0 Å². The number of benzene rings is 2. The molecule has 1 amide bonds. The Labute approximate surface area is 163 Å². The van der Waals surface area contributed by atoms with Crippen molar-refractivity contribution >= 4 is 34.4 Å². The van der Waals surface area contributed by atoms with Crippen LogP contribution >= 0.6 is 11.8 Å². The molecule has 0 aliphatic carbocycles. The van der Waals surface area contributed by atoms with Gasteiger partial charge in [-0.3, -0.25) is 14.2 Å². The number of anilines is 1. The third-order valence-electron chi connectivity index (χ3n) is 4.61. The summed E-state index contributed by atoms with van der Waals surface area (Å²) in [5.74, 6) is 1.11. The van der Waals surface area contributed by atoms with Crippen LogP contribution in [0.25, 0.3) is 22.4 Å². The number of fused-ring (bicyclic) bond motifs is 2. The molecule has 138 valence electrons. The van der Waals surface area contributed by atoms with Gasteiger partial charge in [0.2, 0.25) is 0 Å². The van der Waals surface area contributed by atoms with Gasteiger partial charge in [-0.1, -0.05) is 23.9 Å². The molecule has 2 N–H and O–H groups in total. The average Bonchev–Trinajstić information content (AvgIpc) is 3.36. The summed E-state index contributed by atoms with van der Waals surface area (Å²) < 4.78 is 1.55. The lowest BCUT2D eigenvalue weighted by Crippen LogP contribution is -2.29. The third-order valence-corrected chi connectivity index (χ3v) is 5.58. The lowest BCUT2D eigenvalue weighted by atomic mass is 10.2. The Morgan fingerprint density at radius 3 is 2.79 bits per heavy atom. The normalized spacial score (nSPS) is 12.9. The van der Waals surface area contributed by atoms with Crippen molar-refractivity contribution in [3.63, 3.8) is 0 Å². The Morgan fingerprint density at radius 2 is 1.96 bits per heavy atom. The van der Waals surface area contributed by atoms with Crippen LogP contribution in [0.2, 0.25) is 0 Å². The monoisotopic (exact) mass is 389 g/mol. The number of para-hydroxylation sites is 2. The molecule has 7 nitrogen and oxygen atoms in total. The number of carbonyl (C=O) groups excluding carboxylic acids is 1. The fourth-order valence-electron chi connectivity index (χ4n) is 3.17. The smallest absolute Gasteiger partial charge is 0.267 e. The Bertz CT molecular complexity index is 1230. The maximum absolute atomic E-state index is 12.5. The molecular weight excluding hydrogens is 374 g/mol. The standard InChI is InChI=1S/C20H15N5O2S/c26-18(14-11-21-20-25(19(14)27)9-10-28-20)22-13-7-5-12(6-8-13)17-23-15-3-1-2-4-16(15)24-17/h1-8,11H,9-10H2,(H,22,26)(H,23,24). The van der Waals surface area contributed by atoms with E-state index in [1.54, 1.807) is 16.7 Å². The highest BCUT2D eigenvalue weighted by Crippen LogP contribution is 2.23. The number of imidazole rings is 1. The van der Waals surface area contributed by atoms with Crippen LogP contribution in [0.1, 0.15) is 10.4 Å². The van der Waals surface area contributed by atoms with Gasteiger partial charge in [0, 0.05) is 29.7 Å². The second-order valence-electron chi connectivity index (χ2n) is 6.39. The van der Waals surface area contributed by atoms with E-state index < -0.39 is 5.91 Å². The van der Waals surface area contributed by atoms with Crippen LogP contribution in [0.5, 0.6) is 0 Å². The number of nitrogens with zero attached hydrogens (tertiary/aromatic N) is 3. The molecule has 28 heavy (non-hydrogen) atoms. The minimum atomic E-state index is -0.457. The van der Waals surface area contributed by atoms with Gasteiger partial charge in [-0.05, 0) is 36.4 Å². The first-order valence-electron chi connectivity index (χ1n) is 8.78. The highest BCUT2D eigenvalue weighted by atomic mass is 32.2. The number of rotatable bonds is 3. The van der Waals surface area contributed by atoms with Gasteiger partial charge in [-0.25, -0.2) is 9.97 Å². The number of hydrogen-bond donors (Lipinski definition) is 2. The Morgan fingerprint density at radius 1 is 1.14 bits per heavy atom. The van der Waals surface area contributed by atoms with Crippen molar-refractivity contribution in [3.05, 3.63) is 70.6 Å². The first-order chi connectivity index (χ1) is 13.7. The maximum Gasteiger partial charge on any atom is 0.267 e. The molecule has 0 spiro atoms. The van der Waals surface area contributed by atoms with Crippen LogP contribution in [0.3, 0.4) is 0 Å². The van der Waals surface area contributed by atoms with E-state index in [-0.39, 0.29) is 11.1 Å². The molecule has 1 aliphatic rings. The third kappa shape index (κ3) is 2.87. The minimum Gasteiger partial charge on any atom is -0.338 e. The number of aromatic nitrogens is 4. The fourth-order valence-corrected chi connectivity index (χ4v) is 4.09. The van der Waals surface area contributed by atoms with Crippen molar-refractivity contribution in [1.82, 2.24) is 19.5 Å². The zero-order valence-corrected chi connectivity index (χ0v) is 15.5. The van der Waals surface area contributed by atoms with Crippen molar-refractivity contribution in [2.24, 2.45) is 0 Å². The highest BCUT2D eigenvalue weighted by Gasteiger charge is 2.20.